The fraction of sp³-hybridized carbons (Fsp3) is 0.308. The molecule has 0 bridgehead atoms. The van der Waals surface area contributed by atoms with Crippen molar-refractivity contribution in [1.82, 2.24) is 0 Å². The van der Waals surface area contributed by atoms with Crippen molar-refractivity contribution in [2.75, 3.05) is 6.61 Å². The van der Waals surface area contributed by atoms with Gasteiger partial charge in [0.05, 0.1) is 18.9 Å². The molecule has 0 unspecified atom stereocenters. The molecule has 1 aliphatic rings. The second kappa shape index (κ2) is 4.49. The lowest BCUT2D eigenvalue weighted by Gasteiger charge is -2.05. The molecule has 0 aliphatic heterocycles. The maximum Gasteiger partial charge on any atom is 0.306 e. The van der Waals surface area contributed by atoms with Gasteiger partial charge in [0, 0.05) is 11.1 Å². The Labute approximate surface area is 98.6 Å². The summed E-state index contributed by atoms with van der Waals surface area (Å²) in [5, 5.41) is 0. The van der Waals surface area contributed by atoms with E-state index >= 15 is 0 Å². The average molecular weight is 232 g/mol. The molecule has 0 radical (unpaired) electrons. The van der Waals surface area contributed by atoms with E-state index in [4.69, 9.17) is 4.74 Å². The number of Topliss-reactive ketones (excluding diaryl/α,β-unsaturated/α-hetero) is 2. The van der Waals surface area contributed by atoms with Crippen LogP contribution in [-0.2, 0) is 9.53 Å². The number of fused-ring (bicyclic) bond motifs is 1. The molecule has 0 aromatic heterocycles. The van der Waals surface area contributed by atoms with E-state index in [0.29, 0.717) is 11.1 Å². The SMILES string of the molecule is CCOC(=O)CC1C(=O)c2ccccc2C1=O. The Morgan fingerprint density at radius 2 is 1.71 bits per heavy atom. The van der Waals surface area contributed by atoms with E-state index in [2.05, 4.69) is 0 Å². The first-order valence-corrected chi connectivity index (χ1v) is 5.48. The van der Waals surface area contributed by atoms with Crippen LogP contribution in [0.4, 0.5) is 0 Å². The van der Waals surface area contributed by atoms with Gasteiger partial charge in [-0.2, -0.15) is 0 Å². The van der Waals surface area contributed by atoms with E-state index < -0.39 is 11.9 Å². The molecule has 0 N–H and O–H groups in total. The lowest BCUT2D eigenvalue weighted by molar-refractivity contribution is -0.143. The molecular formula is C13H12O4. The van der Waals surface area contributed by atoms with Crippen molar-refractivity contribution >= 4 is 17.5 Å². The summed E-state index contributed by atoms with van der Waals surface area (Å²) in [6.07, 6.45) is -0.166. The molecule has 0 spiro atoms. The number of hydrogen-bond acceptors (Lipinski definition) is 4. The van der Waals surface area contributed by atoms with E-state index in [1.54, 1.807) is 31.2 Å². The third kappa shape index (κ3) is 1.98. The van der Waals surface area contributed by atoms with Gasteiger partial charge in [0.2, 0.25) is 0 Å². The minimum atomic E-state index is -0.897. The van der Waals surface area contributed by atoms with E-state index in [-0.39, 0.29) is 24.6 Å². The van der Waals surface area contributed by atoms with Crippen LogP contribution in [0.2, 0.25) is 0 Å². The molecule has 1 aromatic rings. The number of rotatable bonds is 3. The van der Waals surface area contributed by atoms with Crippen molar-refractivity contribution in [2.24, 2.45) is 5.92 Å². The Morgan fingerprint density at radius 1 is 1.18 bits per heavy atom. The topological polar surface area (TPSA) is 60.4 Å². The van der Waals surface area contributed by atoms with Crippen molar-refractivity contribution in [3.63, 3.8) is 0 Å². The number of carbonyl (C=O) groups excluding carboxylic acids is 3. The fourth-order valence-electron chi connectivity index (χ4n) is 1.98. The molecule has 1 aliphatic carbocycles. The summed E-state index contributed by atoms with van der Waals surface area (Å²) >= 11 is 0. The maximum absolute atomic E-state index is 11.9. The molecule has 4 nitrogen and oxygen atoms in total. The minimum absolute atomic E-state index is 0.166. The van der Waals surface area contributed by atoms with Gasteiger partial charge in [0.25, 0.3) is 0 Å². The van der Waals surface area contributed by atoms with Crippen molar-refractivity contribution < 1.29 is 19.1 Å². The van der Waals surface area contributed by atoms with Gasteiger partial charge in [-0.1, -0.05) is 24.3 Å². The summed E-state index contributed by atoms with van der Waals surface area (Å²) in [4.78, 5) is 35.2. The second-order valence-corrected chi connectivity index (χ2v) is 3.84. The molecule has 0 fully saturated rings. The molecule has 17 heavy (non-hydrogen) atoms. The number of hydrogen-bond donors (Lipinski definition) is 0. The molecule has 4 heteroatoms. The van der Waals surface area contributed by atoms with E-state index in [1.807, 2.05) is 0 Å². The lowest BCUT2D eigenvalue weighted by atomic mass is 10.0. The summed E-state index contributed by atoms with van der Waals surface area (Å²) in [5.41, 5.74) is 0.818. The van der Waals surface area contributed by atoms with Crippen LogP contribution in [0.15, 0.2) is 24.3 Å². The smallest absolute Gasteiger partial charge is 0.306 e. The highest BCUT2D eigenvalue weighted by Gasteiger charge is 2.39. The Hall–Kier alpha value is -1.97. The predicted octanol–water partition coefficient (Wildman–Crippen LogP) is 1.64. The molecule has 1 aromatic carbocycles. The standard InChI is InChI=1S/C13H12O4/c1-2-17-11(14)7-10-12(15)8-5-3-4-6-9(8)13(10)16/h3-6,10H,2,7H2,1H3. The monoisotopic (exact) mass is 232 g/mol. The van der Waals surface area contributed by atoms with Gasteiger partial charge in [-0.15, -0.1) is 0 Å². The van der Waals surface area contributed by atoms with Crippen molar-refractivity contribution in [3.8, 4) is 0 Å². The Kier molecular flexibility index (Phi) is 3.04. The first-order valence-electron chi connectivity index (χ1n) is 5.48. The van der Waals surface area contributed by atoms with Crippen LogP contribution in [-0.4, -0.2) is 24.1 Å². The molecule has 2 rings (SSSR count). The fourth-order valence-corrected chi connectivity index (χ4v) is 1.98. The zero-order valence-corrected chi connectivity index (χ0v) is 9.43. The highest BCUT2D eigenvalue weighted by atomic mass is 16.5. The number of esters is 1. The van der Waals surface area contributed by atoms with Crippen molar-refractivity contribution in [3.05, 3.63) is 35.4 Å². The molecule has 0 atom stereocenters. The summed E-state index contributed by atoms with van der Waals surface area (Å²) in [5.74, 6) is -1.96. The van der Waals surface area contributed by atoms with E-state index in [0.717, 1.165) is 0 Å². The third-order valence-corrected chi connectivity index (χ3v) is 2.77. The third-order valence-electron chi connectivity index (χ3n) is 2.77. The van der Waals surface area contributed by atoms with Gasteiger partial charge >= 0.3 is 5.97 Å². The molecule has 88 valence electrons. The zero-order chi connectivity index (χ0) is 12.4. The largest absolute Gasteiger partial charge is 0.466 e. The summed E-state index contributed by atoms with van der Waals surface area (Å²) < 4.78 is 4.76. The maximum atomic E-state index is 11.9. The van der Waals surface area contributed by atoms with Crippen LogP contribution in [0.3, 0.4) is 0 Å². The van der Waals surface area contributed by atoms with Gasteiger partial charge in [-0.05, 0) is 6.92 Å². The molecule has 0 saturated carbocycles. The quantitative estimate of drug-likeness (QED) is 0.587. The average Bonchev–Trinajstić information content (AvgIpc) is 2.56. The van der Waals surface area contributed by atoms with Gasteiger partial charge < -0.3 is 4.74 Å². The summed E-state index contributed by atoms with van der Waals surface area (Å²) in [7, 11) is 0. The lowest BCUT2D eigenvalue weighted by Crippen LogP contribution is -2.20. The zero-order valence-electron chi connectivity index (χ0n) is 9.43. The van der Waals surface area contributed by atoms with Gasteiger partial charge in [-0.25, -0.2) is 0 Å². The van der Waals surface area contributed by atoms with Crippen LogP contribution >= 0.6 is 0 Å². The Balaban J connectivity index is 2.22. The van der Waals surface area contributed by atoms with E-state index in [9.17, 15) is 14.4 Å². The predicted molar refractivity (Wildman–Crippen MR) is 59.8 cm³/mol. The molecule has 0 saturated heterocycles. The number of ether oxygens (including phenoxy) is 1. The number of benzene rings is 1. The van der Waals surface area contributed by atoms with Crippen molar-refractivity contribution in [1.29, 1.82) is 0 Å². The molecule has 0 amide bonds. The number of ketones is 2. The first-order chi connectivity index (χ1) is 8.15. The highest BCUT2D eigenvalue weighted by molar-refractivity contribution is 6.27. The van der Waals surface area contributed by atoms with Gasteiger partial charge in [-0.3, -0.25) is 14.4 Å². The van der Waals surface area contributed by atoms with Crippen LogP contribution in [0, 0.1) is 5.92 Å². The normalized spacial score (nSPS) is 14.9. The van der Waals surface area contributed by atoms with Crippen LogP contribution in [0.1, 0.15) is 34.1 Å². The van der Waals surface area contributed by atoms with Crippen LogP contribution in [0.25, 0.3) is 0 Å². The van der Waals surface area contributed by atoms with Crippen molar-refractivity contribution in [2.45, 2.75) is 13.3 Å². The van der Waals surface area contributed by atoms with Gasteiger partial charge in [0.15, 0.2) is 11.6 Å². The summed E-state index contributed by atoms with van der Waals surface area (Å²) in [6.45, 7) is 1.94. The highest BCUT2D eigenvalue weighted by Crippen LogP contribution is 2.28. The molecular weight excluding hydrogens is 220 g/mol. The molecule has 0 heterocycles. The van der Waals surface area contributed by atoms with Crippen LogP contribution in [0.5, 0.6) is 0 Å². The summed E-state index contributed by atoms with van der Waals surface area (Å²) in [6, 6.07) is 6.63. The minimum Gasteiger partial charge on any atom is -0.466 e. The van der Waals surface area contributed by atoms with Gasteiger partial charge in [0.1, 0.15) is 0 Å². The van der Waals surface area contributed by atoms with Crippen LogP contribution < -0.4 is 0 Å². The van der Waals surface area contributed by atoms with E-state index in [1.165, 1.54) is 0 Å². The second-order valence-electron chi connectivity index (χ2n) is 3.84. The Bertz CT molecular complexity index is 455. The first kappa shape index (κ1) is 11.5. The Morgan fingerprint density at radius 3 is 2.18 bits per heavy atom. The number of carbonyl (C=O) groups is 3.